The van der Waals surface area contributed by atoms with Gasteiger partial charge in [0.25, 0.3) is 11.8 Å². The van der Waals surface area contributed by atoms with Crippen molar-refractivity contribution in [1.82, 2.24) is 15.1 Å². The number of likely N-dealkylation sites (tertiary alicyclic amines) is 1. The van der Waals surface area contributed by atoms with Crippen LogP contribution in [0.5, 0.6) is 5.75 Å². The summed E-state index contributed by atoms with van der Waals surface area (Å²) >= 11 is 7.07. The maximum Gasteiger partial charge on any atom is 0.260 e. The number of thiocarbonyl (C=S) groups is 1. The van der Waals surface area contributed by atoms with E-state index in [0.29, 0.717) is 24.0 Å². The molecule has 0 radical (unpaired) electrons. The number of amides is 2. The van der Waals surface area contributed by atoms with Crippen molar-refractivity contribution in [1.29, 1.82) is 0 Å². The molecule has 2 aliphatic rings. The van der Waals surface area contributed by atoms with Crippen LogP contribution < -0.4 is 10.1 Å². The number of hydrogen-bond donors (Lipinski definition) is 1. The number of carbonyl (C=O) groups is 2. The molecule has 2 saturated heterocycles. The maximum absolute atomic E-state index is 12.6. The molecule has 0 saturated carbocycles. The Morgan fingerprint density at radius 2 is 2.15 bits per heavy atom. The van der Waals surface area contributed by atoms with Gasteiger partial charge in [-0.25, -0.2) is 0 Å². The summed E-state index contributed by atoms with van der Waals surface area (Å²) in [6.07, 6.45) is 3.52. The van der Waals surface area contributed by atoms with Crippen LogP contribution in [0, 0.1) is 0 Å². The van der Waals surface area contributed by atoms with Gasteiger partial charge in [-0.1, -0.05) is 18.2 Å². The molecule has 2 heterocycles. The third-order valence-corrected chi connectivity index (χ3v) is 5.61. The van der Waals surface area contributed by atoms with E-state index in [1.807, 2.05) is 36.6 Å². The number of benzene rings is 1. The second kappa shape index (κ2) is 8.73. The average molecular weight is 394 g/mol. The molecule has 0 bridgehead atoms. The Bertz CT molecular complexity index is 671. The summed E-state index contributed by atoms with van der Waals surface area (Å²) in [6.45, 7) is 1.12. The second-order valence-corrected chi connectivity index (χ2v) is 7.75. The molecule has 2 atom stereocenters. The van der Waals surface area contributed by atoms with Gasteiger partial charge in [0, 0.05) is 13.1 Å². The van der Waals surface area contributed by atoms with E-state index in [9.17, 15) is 9.59 Å². The molecule has 3 rings (SSSR count). The fraction of sp³-hybridized carbons (Fsp3) is 0.500. The first-order valence-electron chi connectivity index (χ1n) is 8.68. The molecule has 1 aromatic carbocycles. The number of nitrogens with one attached hydrogen (secondary N) is 1. The van der Waals surface area contributed by atoms with Crippen molar-refractivity contribution in [3.05, 3.63) is 30.3 Å². The van der Waals surface area contributed by atoms with Crippen LogP contribution >= 0.6 is 24.0 Å². The van der Waals surface area contributed by atoms with Crippen molar-refractivity contribution in [2.45, 2.75) is 24.9 Å². The SMILES string of the molecule is CSCCC1NC(=S)N(C2CCN(C(=O)COc3ccccc3)C2)C1=O. The van der Waals surface area contributed by atoms with Crippen molar-refractivity contribution in [3.8, 4) is 5.75 Å². The minimum absolute atomic E-state index is 0.00369. The van der Waals surface area contributed by atoms with E-state index in [4.69, 9.17) is 17.0 Å². The first-order valence-corrected chi connectivity index (χ1v) is 10.5. The second-order valence-electron chi connectivity index (χ2n) is 6.38. The van der Waals surface area contributed by atoms with Gasteiger partial charge < -0.3 is 15.0 Å². The van der Waals surface area contributed by atoms with Crippen LogP contribution in [0.2, 0.25) is 0 Å². The number of thioether (sulfide) groups is 1. The van der Waals surface area contributed by atoms with Crippen LogP contribution in [0.1, 0.15) is 12.8 Å². The Kier molecular flexibility index (Phi) is 6.37. The van der Waals surface area contributed by atoms with E-state index in [-0.39, 0.29) is 30.5 Å². The van der Waals surface area contributed by atoms with Crippen LogP contribution in [0.4, 0.5) is 0 Å². The number of para-hydroxylation sites is 1. The standard InChI is InChI=1S/C18H23N3O3S2/c1-26-10-8-15-17(23)21(18(25)19-15)13-7-9-20(11-13)16(22)12-24-14-5-3-2-4-6-14/h2-6,13,15H,7-12H2,1H3,(H,19,25). The summed E-state index contributed by atoms with van der Waals surface area (Å²) in [5.41, 5.74) is 0. The van der Waals surface area contributed by atoms with Gasteiger partial charge in [-0.05, 0) is 49.2 Å². The quantitative estimate of drug-likeness (QED) is 0.709. The highest BCUT2D eigenvalue weighted by Gasteiger charge is 2.42. The molecule has 0 aromatic heterocycles. The molecule has 26 heavy (non-hydrogen) atoms. The number of carbonyl (C=O) groups excluding carboxylic acids is 2. The molecular formula is C18H23N3O3S2. The van der Waals surface area contributed by atoms with Crippen molar-refractivity contribution < 1.29 is 14.3 Å². The predicted octanol–water partition coefficient (Wildman–Crippen LogP) is 1.50. The predicted molar refractivity (Wildman–Crippen MR) is 106 cm³/mol. The highest BCUT2D eigenvalue weighted by molar-refractivity contribution is 7.98. The molecule has 1 aromatic rings. The van der Waals surface area contributed by atoms with Gasteiger partial charge in [0.1, 0.15) is 11.8 Å². The van der Waals surface area contributed by atoms with Gasteiger partial charge in [0.2, 0.25) is 0 Å². The highest BCUT2D eigenvalue weighted by Crippen LogP contribution is 2.22. The summed E-state index contributed by atoms with van der Waals surface area (Å²) < 4.78 is 5.53. The summed E-state index contributed by atoms with van der Waals surface area (Å²) in [7, 11) is 0. The van der Waals surface area contributed by atoms with E-state index in [1.54, 1.807) is 21.6 Å². The van der Waals surface area contributed by atoms with Crippen LogP contribution in [0.15, 0.2) is 30.3 Å². The summed E-state index contributed by atoms with van der Waals surface area (Å²) in [5.74, 6) is 1.55. The molecular weight excluding hydrogens is 370 g/mol. The smallest absolute Gasteiger partial charge is 0.260 e. The molecule has 1 N–H and O–H groups in total. The zero-order chi connectivity index (χ0) is 18.5. The van der Waals surface area contributed by atoms with Crippen molar-refractivity contribution in [3.63, 3.8) is 0 Å². The van der Waals surface area contributed by atoms with Gasteiger partial charge in [-0.15, -0.1) is 0 Å². The molecule has 0 spiro atoms. The van der Waals surface area contributed by atoms with Gasteiger partial charge >= 0.3 is 0 Å². The number of ether oxygens (including phenoxy) is 1. The fourth-order valence-electron chi connectivity index (χ4n) is 3.26. The van der Waals surface area contributed by atoms with Crippen LogP contribution in [0.25, 0.3) is 0 Å². The van der Waals surface area contributed by atoms with Crippen LogP contribution in [0.3, 0.4) is 0 Å². The van der Waals surface area contributed by atoms with E-state index in [1.165, 1.54) is 0 Å². The van der Waals surface area contributed by atoms with E-state index >= 15 is 0 Å². The molecule has 0 aliphatic carbocycles. The molecule has 2 unspecified atom stereocenters. The van der Waals surface area contributed by atoms with Gasteiger partial charge in [0.05, 0.1) is 6.04 Å². The third kappa shape index (κ3) is 4.29. The number of rotatable bonds is 7. The highest BCUT2D eigenvalue weighted by atomic mass is 32.2. The zero-order valence-corrected chi connectivity index (χ0v) is 16.4. The van der Waals surface area contributed by atoms with Crippen LogP contribution in [-0.4, -0.2) is 70.5 Å². The average Bonchev–Trinajstić information content (AvgIpc) is 3.23. The lowest BCUT2D eigenvalue weighted by Gasteiger charge is -2.23. The Labute approximate surface area is 163 Å². The van der Waals surface area contributed by atoms with Gasteiger partial charge in [-0.2, -0.15) is 11.8 Å². The van der Waals surface area contributed by atoms with E-state index < -0.39 is 0 Å². The maximum atomic E-state index is 12.6. The number of nitrogens with zero attached hydrogens (tertiary/aromatic N) is 2. The Morgan fingerprint density at radius 3 is 2.88 bits per heavy atom. The largest absolute Gasteiger partial charge is 0.484 e. The first kappa shape index (κ1) is 19.0. The number of hydrogen-bond acceptors (Lipinski definition) is 5. The summed E-state index contributed by atoms with van der Waals surface area (Å²) in [5, 5.41) is 3.61. The lowest BCUT2D eigenvalue weighted by molar-refractivity contribution is -0.133. The van der Waals surface area contributed by atoms with Crippen molar-refractivity contribution >= 4 is 40.9 Å². The van der Waals surface area contributed by atoms with E-state index in [0.717, 1.165) is 18.6 Å². The summed E-state index contributed by atoms with van der Waals surface area (Å²) in [4.78, 5) is 28.4. The monoisotopic (exact) mass is 393 g/mol. The summed E-state index contributed by atoms with van der Waals surface area (Å²) in [6, 6.07) is 8.99. The van der Waals surface area contributed by atoms with Crippen molar-refractivity contribution in [2.24, 2.45) is 0 Å². The molecule has 2 amide bonds. The Balaban J connectivity index is 1.52. The normalized spacial score (nSPS) is 22.7. The molecule has 6 nitrogen and oxygen atoms in total. The molecule has 8 heteroatoms. The Morgan fingerprint density at radius 1 is 1.38 bits per heavy atom. The topological polar surface area (TPSA) is 61.9 Å². The van der Waals surface area contributed by atoms with Crippen molar-refractivity contribution in [2.75, 3.05) is 31.7 Å². The minimum Gasteiger partial charge on any atom is -0.484 e. The molecule has 2 fully saturated rings. The lowest BCUT2D eigenvalue weighted by Crippen LogP contribution is -2.43. The van der Waals surface area contributed by atoms with Gasteiger partial charge in [0.15, 0.2) is 11.7 Å². The first-order chi connectivity index (χ1) is 12.6. The van der Waals surface area contributed by atoms with E-state index in [2.05, 4.69) is 5.32 Å². The minimum atomic E-state index is -0.235. The van der Waals surface area contributed by atoms with Crippen LogP contribution in [-0.2, 0) is 9.59 Å². The molecule has 140 valence electrons. The Hall–Kier alpha value is -1.80. The fourth-order valence-corrected chi connectivity index (χ4v) is 4.11. The lowest BCUT2D eigenvalue weighted by atomic mass is 10.2. The van der Waals surface area contributed by atoms with Gasteiger partial charge in [-0.3, -0.25) is 14.5 Å². The molecule has 2 aliphatic heterocycles. The third-order valence-electron chi connectivity index (χ3n) is 4.65. The zero-order valence-electron chi connectivity index (χ0n) is 14.7.